The van der Waals surface area contributed by atoms with Crippen LogP contribution in [0, 0.1) is 5.82 Å². The molecule has 0 saturated heterocycles. The Kier molecular flexibility index (Phi) is 3.89. The maximum atomic E-state index is 12.5. The van der Waals surface area contributed by atoms with Crippen molar-refractivity contribution >= 4 is 17.6 Å². The molecule has 0 heterocycles. The summed E-state index contributed by atoms with van der Waals surface area (Å²) in [5, 5.41) is -0.431. The average molecular weight is 217 g/mol. The molecule has 0 fully saturated rings. The largest absolute Gasteiger partial charge is 0.464 e. The number of halogens is 2. The summed E-state index contributed by atoms with van der Waals surface area (Å²) in [6, 6.07) is 5.77. The molecule has 0 aliphatic heterocycles. The van der Waals surface area contributed by atoms with Gasteiger partial charge in [-0.3, -0.25) is 4.79 Å². The van der Waals surface area contributed by atoms with Gasteiger partial charge in [-0.15, -0.1) is 11.6 Å². The van der Waals surface area contributed by atoms with Crippen molar-refractivity contribution in [3.05, 3.63) is 35.6 Å². The number of benzene rings is 1. The van der Waals surface area contributed by atoms with Gasteiger partial charge in [0.25, 0.3) is 0 Å². The van der Waals surface area contributed by atoms with Gasteiger partial charge >= 0.3 is 5.97 Å². The Morgan fingerprint density at radius 1 is 1.50 bits per heavy atom. The van der Waals surface area contributed by atoms with Crippen LogP contribution >= 0.6 is 11.6 Å². The summed E-state index contributed by atoms with van der Waals surface area (Å²) in [5.74, 6) is -0.692. The van der Waals surface area contributed by atoms with E-state index in [1.165, 1.54) is 19.1 Å². The molecule has 0 bridgehead atoms. The van der Waals surface area contributed by atoms with Crippen LogP contribution in [0.1, 0.15) is 17.9 Å². The lowest BCUT2D eigenvalue weighted by molar-refractivity contribution is -0.140. The van der Waals surface area contributed by atoms with E-state index < -0.39 is 5.38 Å². The van der Waals surface area contributed by atoms with Gasteiger partial charge in [-0.05, 0) is 17.7 Å². The van der Waals surface area contributed by atoms with Crippen molar-refractivity contribution in [1.82, 2.24) is 0 Å². The van der Waals surface area contributed by atoms with Crippen molar-refractivity contribution < 1.29 is 13.9 Å². The van der Waals surface area contributed by atoms with Crippen LogP contribution in [0.4, 0.5) is 4.39 Å². The number of esters is 1. The zero-order valence-corrected chi connectivity index (χ0v) is 8.42. The van der Waals surface area contributed by atoms with E-state index in [-0.39, 0.29) is 18.4 Å². The average Bonchev–Trinajstić information content (AvgIpc) is 2.15. The van der Waals surface area contributed by atoms with Gasteiger partial charge < -0.3 is 4.74 Å². The number of ether oxygens (including phenoxy) is 1. The molecule has 1 aromatic carbocycles. The van der Waals surface area contributed by atoms with Crippen LogP contribution in [0.2, 0.25) is 0 Å². The van der Waals surface area contributed by atoms with Gasteiger partial charge in [0.05, 0.1) is 5.38 Å². The van der Waals surface area contributed by atoms with Crippen LogP contribution < -0.4 is 0 Å². The summed E-state index contributed by atoms with van der Waals surface area (Å²) in [5.41, 5.74) is 0.731. The lowest BCUT2D eigenvalue weighted by Crippen LogP contribution is -2.06. The van der Waals surface area contributed by atoms with Crippen LogP contribution in [-0.4, -0.2) is 12.6 Å². The third-order valence-electron chi connectivity index (χ3n) is 1.66. The highest BCUT2D eigenvalue weighted by atomic mass is 35.5. The minimum atomic E-state index is -0.431. The Morgan fingerprint density at radius 3 is 2.57 bits per heavy atom. The topological polar surface area (TPSA) is 26.3 Å². The number of carbonyl (C=O) groups is 1. The van der Waals surface area contributed by atoms with E-state index in [4.69, 9.17) is 16.3 Å². The highest BCUT2D eigenvalue weighted by molar-refractivity contribution is 6.21. The Bertz CT molecular complexity index is 310. The van der Waals surface area contributed by atoms with Crippen LogP contribution in [0.15, 0.2) is 24.3 Å². The zero-order valence-electron chi connectivity index (χ0n) is 7.67. The third-order valence-corrected chi connectivity index (χ3v) is 2.04. The number of hydrogen-bond donors (Lipinski definition) is 0. The normalized spacial score (nSPS) is 12.2. The third kappa shape index (κ3) is 3.34. The standard InChI is InChI=1S/C10H10ClFO2/c1-7(13)14-6-10(11)8-2-4-9(12)5-3-8/h2-5,10H,6H2,1H3/t10-/m1/s1. The van der Waals surface area contributed by atoms with E-state index >= 15 is 0 Å². The van der Waals surface area contributed by atoms with Gasteiger partial charge in [0.2, 0.25) is 0 Å². The first-order valence-electron chi connectivity index (χ1n) is 4.12. The fraction of sp³-hybridized carbons (Fsp3) is 0.300. The van der Waals surface area contributed by atoms with Gasteiger partial charge in [-0.1, -0.05) is 12.1 Å². The second-order valence-corrected chi connectivity index (χ2v) is 3.35. The zero-order chi connectivity index (χ0) is 10.6. The predicted molar refractivity (Wildman–Crippen MR) is 51.6 cm³/mol. The second-order valence-electron chi connectivity index (χ2n) is 2.82. The molecule has 0 aliphatic carbocycles. The van der Waals surface area contributed by atoms with E-state index in [1.807, 2.05) is 0 Å². The highest BCUT2D eigenvalue weighted by Gasteiger charge is 2.09. The minimum Gasteiger partial charge on any atom is -0.464 e. The molecule has 1 rings (SSSR count). The molecule has 0 spiro atoms. The van der Waals surface area contributed by atoms with Crippen molar-refractivity contribution in [1.29, 1.82) is 0 Å². The Balaban J connectivity index is 2.56. The van der Waals surface area contributed by atoms with Crippen molar-refractivity contribution in [2.24, 2.45) is 0 Å². The van der Waals surface area contributed by atoms with E-state index in [2.05, 4.69) is 0 Å². The van der Waals surface area contributed by atoms with Gasteiger partial charge in [-0.25, -0.2) is 4.39 Å². The summed E-state index contributed by atoms with van der Waals surface area (Å²) in [6.45, 7) is 1.41. The second kappa shape index (κ2) is 4.96. The maximum absolute atomic E-state index is 12.5. The van der Waals surface area contributed by atoms with E-state index in [0.29, 0.717) is 0 Å². The molecule has 76 valence electrons. The fourth-order valence-corrected chi connectivity index (χ4v) is 1.17. The molecule has 0 aromatic heterocycles. The molecule has 0 saturated carbocycles. The summed E-state index contributed by atoms with van der Waals surface area (Å²) >= 11 is 5.90. The molecular weight excluding hydrogens is 207 g/mol. The Labute approximate surface area is 86.6 Å². The quantitative estimate of drug-likeness (QED) is 0.574. The Morgan fingerprint density at radius 2 is 2.07 bits per heavy atom. The lowest BCUT2D eigenvalue weighted by Gasteiger charge is -2.09. The van der Waals surface area contributed by atoms with Gasteiger partial charge in [-0.2, -0.15) is 0 Å². The lowest BCUT2D eigenvalue weighted by atomic mass is 10.1. The van der Waals surface area contributed by atoms with Gasteiger partial charge in [0, 0.05) is 6.92 Å². The summed E-state index contributed by atoms with van der Waals surface area (Å²) in [4.78, 5) is 10.5. The molecule has 1 atom stereocenters. The molecule has 0 amide bonds. The highest BCUT2D eigenvalue weighted by Crippen LogP contribution is 2.20. The minimum absolute atomic E-state index is 0.0997. The van der Waals surface area contributed by atoms with Crippen molar-refractivity contribution in [3.8, 4) is 0 Å². The first-order valence-corrected chi connectivity index (χ1v) is 4.56. The first-order chi connectivity index (χ1) is 6.59. The molecular formula is C10H10ClFO2. The smallest absolute Gasteiger partial charge is 0.302 e. The van der Waals surface area contributed by atoms with E-state index in [0.717, 1.165) is 5.56 Å². The Hall–Kier alpha value is -1.09. The molecule has 0 N–H and O–H groups in total. The van der Waals surface area contributed by atoms with E-state index in [1.54, 1.807) is 12.1 Å². The monoisotopic (exact) mass is 216 g/mol. The molecule has 0 unspecified atom stereocenters. The van der Waals surface area contributed by atoms with Crippen LogP contribution in [0.25, 0.3) is 0 Å². The predicted octanol–water partition coefficient (Wildman–Crippen LogP) is 2.67. The molecule has 4 heteroatoms. The van der Waals surface area contributed by atoms with Crippen molar-refractivity contribution in [2.45, 2.75) is 12.3 Å². The first kappa shape index (κ1) is 11.0. The summed E-state index contributed by atoms with van der Waals surface area (Å²) in [7, 11) is 0. The van der Waals surface area contributed by atoms with Crippen LogP contribution in [-0.2, 0) is 9.53 Å². The number of rotatable bonds is 3. The molecule has 1 aromatic rings. The number of carbonyl (C=O) groups excluding carboxylic acids is 1. The fourth-order valence-electron chi connectivity index (χ4n) is 0.958. The van der Waals surface area contributed by atoms with Crippen LogP contribution in [0.5, 0.6) is 0 Å². The number of alkyl halides is 1. The van der Waals surface area contributed by atoms with Crippen LogP contribution in [0.3, 0.4) is 0 Å². The van der Waals surface area contributed by atoms with Crippen molar-refractivity contribution in [2.75, 3.05) is 6.61 Å². The van der Waals surface area contributed by atoms with E-state index in [9.17, 15) is 9.18 Å². The molecule has 14 heavy (non-hydrogen) atoms. The van der Waals surface area contributed by atoms with Gasteiger partial charge in [0.1, 0.15) is 12.4 Å². The SMILES string of the molecule is CC(=O)OC[C@@H](Cl)c1ccc(F)cc1. The van der Waals surface area contributed by atoms with Crippen molar-refractivity contribution in [3.63, 3.8) is 0 Å². The molecule has 0 aliphatic rings. The summed E-state index contributed by atoms with van der Waals surface area (Å²) < 4.78 is 17.3. The maximum Gasteiger partial charge on any atom is 0.302 e. The molecule has 0 radical (unpaired) electrons. The van der Waals surface area contributed by atoms with Gasteiger partial charge in [0.15, 0.2) is 0 Å². The number of hydrogen-bond acceptors (Lipinski definition) is 2. The molecule has 2 nitrogen and oxygen atoms in total. The summed E-state index contributed by atoms with van der Waals surface area (Å²) in [6.07, 6.45) is 0.